The third-order valence-electron chi connectivity index (χ3n) is 7.62. The number of rotatable bonds is 3. The zero-order chi connectivity index (χ0) is 27.2. The van der Waals surface area contributed by atoms with Gasteiger partial charge in [-0.05, 0) is 61.9 Å². The molecule has 0 radical (unpaired) electrons. The molecule has 0 saturated carbocycles. The van der Waals surface area contributed by atoms with Crippen molar-refractivity contribution in [3.8, 4) is 23.3 Å². The SMILES string of the molecule is COc1cccc(C(=O)N2CCC(N3CCCC(C)(C)COc4ccccc4Oc4ncccc4C3)CC2)n1. The second-order valence-corrected chi connectivity index (χ2v) is 11.1. The molecule has 206 valence electrons. The number of pyridine rings is 2. The van der Waals surface area contributed by atoms with E-state index in [4.69, 9.17) is 14.2 Å². The van der Waals surface area contributed by atoms with E-state index < -0.39 is 0 Å². The number of methoxy groups -OCH3 is 1. The van der Waals surface area contributed by atoms with E-state index in [0.717, 1.165) is 50.1 Å². The first kappa shape index (κ1) is 26.9. The van der Waals surface area contributed by atoms with E-state index >= 15 is 0 Å². The third kappa shape index (κ3) is 6.68. The van der Waals surface area contributed by atoms with Crippen molar-refractivity contribution in [2.45, 2.75) is 52.1 Å². The molecule has 1 amide bonds. The summed E-state index contributed by atoms with van der Waals surface area (Å²) in [6.07, 6.45) is 5.68. The molecule has 0 aliphatic carbocycles. The summed E-state index contributed by atoms with van der Waals surface area (Å²) < 4.78 is 17.8. The molecule has 1 saturated heterocycles. The molecule has 2 aliphatic rings. The number of fused-ring (bicyclic) bond motifs is 2. The van der Waals surface area contributed by atoms with Gasteiger partial charge in [-0.2, -0.15) is 0 Å². The van der Waals surface area contributed by atoms with Crippen LogP contribution in [0.3, 0.4) is 0 Å². The van der Waals surface area contributed by atoms with Crippen LogP contribution in [-0.4, -0.2) is 65.1 Å². The molecule has 3 aromatic rings. The quantitative estimate of drug-likeness (QED) is 0.437. The molecule has 8 nitrogen and oxygen atoms in total. The first-order valence-corrected chi connectivity index (χ1v) is 13.8. The van der Waals surface area contributed by atoms with Crippen molar-refractivity contribution in [1.29, 1.82) is 0 Å². The summed E-state index contributed by atoms with van der Waals surface area (Å²) in [6.45, 7) is 8.22. The molecule has 39 heavy (non-hydrogen) atoms. The van der Waals surface area contributed by atoms with E-state index in [0.29, 0.717) is 48.9 Å². The fraction of sp³-hybridized carbons (Fsp3) is 0.452. The van der Waals surface area contributed by atoms with Gasteiger partial charge in [0.2, 0.25) is 11.8 Å². The van der Waals surface area contributed by atoms with Crippen LogP contribution in [0.2, 0.25) is 0 Å². The minimum absolute atomic E-state index is 0.0253. The minimum Gasteiger partial charge on any atom is -0.489 e. The van der Waals surface area contributed by atoms with E-state index in [2.05, 4.69) is 34.8 Å². The Morgan fingerprint density at radius 3 is 2.59 bits per heavy atom. The molecule has 0 atom stereocenters. The summed E-state index contributed by atoms with van der Waals surface area (Å²) >= 11 is 0. The largest absolute Gasteiger partial charge is 0.489 e. The van der Waals surface area contributed by atoms with Crippen LogP contribution in [0.25, 0.3) is 0 Å². The van der Waals surface area contributed by atoms with Crippen molar-refractivity contribution in [1.82, 2.24) is 19.8 Å². The Hall–Kier alpha value is -3.65. The van der Waals surface area contributed by atoms with Crippen LogP contribution in [0.4, 0.5) is 0 Å². The molecule has 5 rings (SSSR count). The maximum absolute atomic E-state index is 13.1. The predicted molar refractivity (Wildman–Crippen MR) is 149 cm³/mol. The molecule has 2 aromatic heterocycles. The summed E-state index contributed by atoms with van der Waals surface area (Å²) in [4.78, 5) is 26.5. The summed E-state index contributed by atoms with van der Waals surface area (Å²) in [5, 5.41) is 0. The topological polar surface area (TPSA) is 77.0 Å². The van der Waals surface area contributed by atoms with Crippen LogP contribution >= 0.6 is 0 Å². The zero-order valence-corrected chi connectivity index (χ0v) is 23.1. The monoisotopic (exact) mass is 530 g/mol. The van der Waals surface area contributed by atoms with Gasteiger partial charge in [0.05, 0.1) is 13.7 Å². The average Bonchev–Trinajstić information content (AvgIpc) is 2.97. The summed E-state index contributed by atoms with van der Waals surface area (Å²) in [5.74, 6) is 2.43. The molecule has 0 N–H and O–H groups in total. The number of aromatic nitrogens is 2. The van der Waals surface area contributed by atoms with E-state index in [1.807, 2.05) is 41.3 Å². The van der Waals surface area contributed by atoms with Crippen LogP contribution in [-0.2, 0) is 6.54 Å². The third-order valence-corrected chi connectivity index (χ3v) is 7.62. The highest BCUT2D eigenvalue weighted by Crippen LogP contribution is 2.35. The predicted octanol–water partition coefficient (Wildman–Crippen LogP) is 5.58. The van der Waals surface area contributed by atoms with Crippen molar-refractivity contribution < 1.29 is 19.0 Å². The number of likely N-dealkylation sites (tertiary alicyclic amines) is 1. The lowest BCUT2D eigenvalue weighted by molar-refractivity contribution is 0.0588. The second-order valence-electron chi connectivity index (χ2n) is 11.1. The van der Waals surface area contributed by atoms with Gasteiger partial charge < -0.3 is 19.1 Å². The lowest BCUT2D eigenvalue weighted by atomic mass is 9.88. The van der Waals surface area contributed by atoms with Crippen LogP contribution in [0, 0.1) is 5.41 Å². The minimum atomic E-state index is -0.0411. The van der Waals surface area contributed by atoms with Crippen LogP contribution in [0.5, 0.6) is 23.3 Å². The second kappa shape index (κ2) is 12.0. The maximum atomic E-state index is 13.1. The van der Waals surface area contributed by atoms with Gasteiger partial charge in [-0.1, -0.05) is 38.1 Å². The molecular formula is C31H38N4O4. The van der Waals surface area contributed by atoms with Crippen LogP contribution in [0.1, 0.15) is 55.6 Å². The zero-order valence-electron chi connectivity index (χ0n) is 23.1. The highest BCUT2D eigenvalue weighted by atomic mass is 16.5. The molecule has 1 fully saturated rings. The maximum Gasteiger partial charge on any atom is 0.272 e. The van der Waals surface area contributed by atoms with E-state index in [1.54, 1.807) is 25.4 Å². The average molecular weight is 531 g/mol. The number of para-hydroxylation sites is 2. The Balaban J connectivity index is 1.33. The fourth-order valence-corrected chi connectivity index (χ4v) is 5.35. The van der Waals surface area contributed by atoms with Gasteiger partial charge in [0.25, 0.3) is 5.91 Å². The highest BCUT2D eigenvalue weighted by molar-refractivity contribution is 5.92. The van der Waals surface area contributed by atoms with Crippen molar-refractivity contribution in [3.63, 3.8) is 0 Å². The van der Waals surface area contributed by atoms with Gasteiger partial charge in [0, 0.05) is 43.5 Å². The highest BCUT2D eigenvalue weighted by Gasteiger charge is 2.30. The number of hydrogen-bond acceptors (Lipinski definition) is 7. The molecule has 1 aromatic carbocycles. The molecule has 8 heteroatoms. The smallest absolute Gasteiger partial charge is 0.272 e. The summed E-state index contributed by atoms with van der Waals surface area (Å²) in [7, 11) is 1.56. The van der Waals surface area contributed by atoms with Gasteiger partial charge in [0.1, 0.15) is 5.69 Å². The molecular weight excluding hydrogens is 492 g/mol. The lowest BCUT2D eigenvalue weighted by Crippen LogP contribution is -2.47. The van der Waals surface area contributed by atoms with Crippen molar-refractivity contribution in [3.05, 3.63) is 72.1 Å². The molecule has 0 unspecified atom stereocenters. The van der Waals surface area contributed by atoms with Crippen LogP contribution in [0.15, 0.2) is 60.8 Å². The fourth-order valence-electron chi connectivity index (χ4n) is 5.35. The van der Waals surface area contributed by atoms with Crippen molar-refractivity contribution in [2.75, 3.05) is 33.4 Å². The van der Waals surface area contributed by atoms with E-state index in [-0.39, 0.29) is 11.3 Å². The van der Waals surface area contributed by atoms with Gasteiger partial charge in [-0.3, -0.25) is 9.69 Å². The Kier molecular flexibility index (Phi) is 8.31. The number of carbonyl (C=O) groups excluding carboxylic acids is 1. The van der Waals surface area contributed by atoms with E-state index in [9.17, 15) is 4.79 Å². The van der Waals surface area contributed by atoms with Gasteiger partial charge in [-0.15, -0.1) is 0 Å². The number of piperidine rings is 1. The summed E-state index contributed by atoms with van der Waals surface area (Å²) in [5.41, 5.74) is 1.50. The molecule has 0 bridgehead atoms. The standard InChI is InChI=1S/C31H38N4O4/c1-31(2)16-8-18-35(24-14-19-34(20-15-24)30(36)25-10-6-13-28(33-25)37-3)21-23-9-7-17-32-29(23)39-27-12-5-4-11-26(27)38-22-31/h4-7,9-13,17,24H,8,14-16,18-22H2,1-3H3. The normalized spacial score (nSPS) is 18.7. The van der Waals surface area contributed by atoms with Crippen LogP contribution < -0.4 is 14.2 Å². The molecule has 0 spiro atoms. The molecule has 4 heterocycles. The first-order chi connectivity index (χ1) is 18.9. The number of carbonyl (C=O) groups is 1. The number of ether oxygens (including phenoxy) is 3. The van der Waals surface area contributed by atoms with Gasteiger partial charge in [-0.25, -0.2) is 9.97 Å². The van der Waals surface area contributed by atoms with Crippen molar-refractivity contribution in [2.24, 2.45) is 5.41 Å². The van der Waals surface area contributed by atoms with Crippen molar-refractivity contribution >= 4 is 5.91 Å². The van der Waals surface area contributed by atoms with Gasteiger partial charge >= 0.3 is 0 Å². The Morgan fingerprint density at radius 2 is 1.79 bits per heavy atom. The van der Waals surface area contributed by atoms with Gasteiger partial charge in [0.15, 0.2) is 11.5 Å². The Morgan fingerprint density at radius 1 is 1.00 bits per heavy atom. The number of nitrogens with zero attached hydrogens (tertiary/aromatic N) is 4. The number of hydrogen-bond donors (Lipinski definition) is 0. The Bertz CT molecular complexity index is 1270. The van der Waals surface area contributed by atoms with E-state index in [1.165, 1.54) is 0 Å². The lowest BCUT2D eigenvalue weighted by Gasteiger charge is -2.39. The number of amides is 1. The summed E-state index contributed by atoms with van der Waals surface area (Å²) in [6, 6.07) is 17.5. The first-order valence-electron chi connectivity index (χ1n) is 13.8. The molecule has 2 aliphatic heterocycles. The number of benzene rings is 1. The Labute approximate surface area is 230 Å².